The van der Waals surface area contributed by atoms with Gasteiger partial charge in [-0.05, 0) is 27.2 Å². The molecule has 0 aliphatic heterocycles. The summed E-state index contributed by atoms with van der Waals surface area (Å²) in [4.78, 5) is 4.11. The van der Waals surface area contributed by atoms with Crippen molar-refractivity contribution in [2.75, 3.05) is 0 Å². The number of hydrogen-bond acceptors (Lipinski definition) is 4. The van der Waals surface area contributed by atoms with Crippen LogP contribution in [0, 0.1) is 11.3 Å². The van der Waals surface area contributed by atoms with Crippen molar-refractivity contribution in [1.82, 2.24) is 4.98 Å². The summed E-state index contributed by atoms with van der Waals surface area (Å²) in [5.74, 6) is 0. The summed E-state index contributed by atoms with van der Waals surface area (Å²) in [5, 5.41) is 8.61. The fourth-order valence-electron chi connectivity index (χ4n) is 0.973. The van der Waals surface area contributed by atoms with Gasteiger partial charge in [-0.25, -0.2) is 0 Å². The molecule has 0 aliphatic carbocycles. The van der Waals surface area contributed by atoms with Crippen LogP contribution in [0.3, 0.4) is 0 Å². The molecule has 0 radical (unpaired) electrons. The highest BCUT2D eigenvalue weighted by Gasteiger charge is 1.94. The summed E-state index contributed by atoms with van der Waals surface area (Å²) in [6.07, 6.45) is 0. The van der Waals surface area contributed by atoms with Crippen LogP contribution in [0.15, 0.2) is 22.5 Å². The first-order chi connectivity index (χ1) is 5.79. The van der Waals surface area contributed by atoms with Crippen molar-refractivity contribution in [1.29, 1.82) is 5.26 Å². The standard InChI is InChI=1S/C8H4N2S2/c9-4-5-1-2-6-7(3-5)12-8(11)10-6/h1-3H,(H,10,11)/p-1. The monoisotopic (exact) mass is 191 g/mol. The summed E-state index contributed by atoms with van der Waals surface area (Å²) in [7, 11) is 0. The molecule has 0 fully saturated rings. The SMILES string of the molecule is N#Cc1ccc2nc([S-])sc2c1. The van der Waals surface area contributed by atoms with E-state index in [2.05, 4.69) is 11.1 Å². The molecular weight excluding hydrogens is 188 g/mol. The number of nitrogens with zero attached hydrogens (tertiary/aromatic N) is 2. The van der Waals surface area contributed by atoms with Crippen LogP contribution in [0.25, 0.3) is 10.2 Å². The van der Waals surface area contributed by atoms with Crippen molar-refractivity contribution >= 4 is 34.2 Å². The number of nitriles is 1. The second-order valence-electron chi connectivity index (χ2n) is 2.27. The molecule has 1 aromatic carbocycles. The topological polar surface area (TPSA) is 36.7 Å². The molecule has 0 unspecified atom stereocenters. The van der Waals surface area contributed by atoms with Crippen LogP contribution >= 0.6 is 11.3 Å². The molecule has 58 valence electrons. The number of hydrogen-bond donors (Lipinski definition) is 0. The van der Waals surface area contributed by atoms with Crippen LogP contribution in [-0.4, -0.2) is 4.98 Å². The number of rotatable bonds is 0. The highest BCUT2D eigenvalue weighted by Crippen LogP contribution is 2.22. The molecule has 1 heterocycles. The smallest absolute Gasteiger partial charge is 0.0991 e. The number of thiazole rings is 1. The fraction of sp³-hybridized carbons (Fsp3) is 0. The average molecular weight is 191 g/mol. The van der Waals surface area contributed by atoms with Crippen molar-refractivity contribution in [3.63, 3.8) is 0 Å². The second kappa shape index (κ2) is 2.70. The van der Waals surface area contributed by atoms with E-state index in [0.717, 1.165) is 10.2 Å². The van der Waals surface area contributed by atoms with Crippen LogP contribution in [0.1, 0.15) is 5.56 Å². The van der Waals surface area contributed by atoms with E-state index >= 15 is 0 Å². The zero-order chi connectivity index (χ0) is 8.55. The number of fused-ring (bicyclic) bond motifs is 1. The lowest BCUT2D eigenvalue weighted by Crippen LogP contribution is -1.72. The molecule has 0 N–H and O–H groups in total. The number of aromatic nitrogens is 1. The molecule has 0 bridgehead atoms. The molecule has 0 atom stereocenters. The van der Waals surface area contributed by atoms with Gasteiger partial charge in [-0.3, -0.25) is 4.98 Å². The molecule has 2 rings (SSSR count). The lowest BCUT2D eigenvalue weighted by atomic mass is 10.2. The van der Waals surface area contributed by atoms with E-state index in [-0.39, 0.29) is 0 Å². The van der Waals surface area contributed by atoms with Gasteiger partial charge in [0, 0.05) is 0 Å². The van der Waals surface area contributed by atoms with E-state index in [1.165, 1.54) is 11.3 Å². The number of benzene rings is 1. The zero-order valence-corrected chi connectivity index (χ0v) is 7.58. The first kappa shape index (κ1) is 7.47. The summed E-state index contributed by atoms with van der Waals surface area (Å²) < 4.78 is 1.61. The average Bonchev–Trinajstić information content (AvgIpc) is 2.43. The maximum absolute atomic E-state index is 8.61. The lowest BCUT2D eigenvalue weighted by Gasteiger charge is -1.90. The van der Waals surface area contributed by atoms with E-state index in [4.69, 9.17) is 17.9 Å². The van der Waals surface area contributed by atoms with Gasteiger partial charge in [0.25, 0.3) is 0 Å². The Balaban J connectivity index is 2.77. The third-order valence-corrected chi connectivity index (χ3v) is 2.65. The van der Waals surface area contributed by atoms with Crippen LogP contribution in [0.4, 0.5) is 0 Å². The van der Waals surface area contributed by atoms with Gasteiger partial charge in [0.15, 0.2) is 0 Å². The molecule has 0 amide bonds. The molecular formula is C8H3N2S2-. The quantitative estimate of drug-likeness (QED) is 0.598. The van der Waals surface area contributed by atoms with E-state index in [1.54, 1.807) is 6.07 Å². The Kier molecular flexibility index (Phi) is 1.68. The van der Waals surface area contributed by atoms with Crippen LogP contribution in [-0.2, 0) is 12.6 Å². The van der Waals surface area contributed by atoms with Crippen molar-refractivity contribution in [3.8, 4) is 6.07 Å². The Labute approximate surface area is 78.9 Å². The molecule has 2 nitrogen and oxygen atoms in total. The molecule has 2 aromatic rings. The van der Waals surface area contributed by atoms with Crippen LogP contribution in [0.2, 0.25) is 0 Å². The highest BCUT2D eigenvalue weighted by molar-refractivity contribution is 7.63. The Hall–Kier alpha value is -1.18. The normalized spacial score (nSPS) is 9.92. The van der Waals surface area contributed by atoms with Gasteiger partial charge in [0.1, 0.15) is 0 Å². The molecule has 0 spiro atoms. The van der Waals surface area contributed by atoms with Gasteiger partial charge >= 0.3 is 0 Å². The van der Waals surface area contributed by atoms with Gasteiger partial charge in [0.2, 0.25) is 0 Å². The Morgan fingerprint density at radius 3 is 3.08 bits per heavy atom. The third kappa shape index (κ3) is 1.13. The van der Waals surface area contributed by atoms with Crippen molar-refractivity contribution in [2.24, 2.45) is 0 Å². The molecule has 12 heavy (non-hydrogen) atoms. The first-order valence-corrected chi connectivity index (χ1v) is 4.50. The minimum atomic E-state index is 0.625. The third-order valence-electron chi connectivity index (χ3n) is 1.50. The zero-order valence-electron chi connectivity index (χ0n) is 5.94. The maximum Gasteiger partial charge on any atom is 0.0991 e. The Morgan fingerprint density at radius 2 is 2.33 bits per heavy atom. The summed E-state index contributed by atoms with van der Waals surface area (Å²) in [6.45, 7) is 0. The molecule has 4 heteroatoms. The largest absolute Gasteiger partial charge is 0.408 e. The second-order valence-corrected chi connectivity index (χ2v) is 3.95. The maximum atomic E-state index is 8.61. The highest BCUT2D eigenvalue weighted by atomic mass is 32.2. The Morgan fingerprint density at radius 1 is 1.50 bits per heavy atom. The predicted molar refractivity (Wildman–Crippen MR) is 50.0 cm³/mol. The van der Waals surface area contributed by atoms with E-state index in [1.807, 2.05) is 12.1 Å². The van der Waals surface area contributed by atoms with Crippen LogP contribution in [0.5, 0.6) is 0 Å². The minimum absolute atomic E-state index is 0.625. The van der Waals surface area contributed by atoms with E-state index < -0.39 is 0 Å². The van der Waals surface area contributed by atoms with Gasteiger partial charge in [0.05, 0.1) is 17.1 Å². The van der Waals surface area contributed by atoms with E-state index in [9.17, 15) is 0 Å². The molecule has 1 aromatic heterocycles. The predicted octanol–water partition coefficient (Wildman–Crippen LogP) is 2.07. The minimum Gasteiger partial charge on any atom is -0.408 e. The van der Waals surface area contributed by atoms with Gasteiger partial charge in [-0.1, -0.05) is 0 Å². The molecule has 0 aliphatic rings. The van der Waals surface area contributed by atoms with Crippen molar-refractivity contribution in [2.45, 2.75) is 4.34 Å². The Bertz CT molecular complexity index is 467. The molecule has 0 saturated heterocycles. The summed E-state index contributed by atoms with van der Waals surface area (Å²) in [6, 6.07) is 7.45. The fourth-order valence-corrected chi connectivity index (χ4v) is 2.08. The van der Waals surface area contributed by atoms with Gasteiger partial charge in [-0.15, -0.1) is 0 Å². The summed E-state index contributed by atoms with van der Waals surface area (Å²) >= 11 is 6.35. The van der Waals surface area contributed by atoms with Gasteiger partial charge in [-0.2, -0.15) is 5.26 Å². The molecule has 0 saturated carbocycles. The van der Waals surface area contributed by atoms with Crippen molar-refractivity contribution in [3.05, 3.63) is 23.8 Å². The van der Waals surface area contributed by atoms with Crippen LogP contribution < -0.4 is 0 Å². The van der Waals surface area contributed by atoms with Gasteiger partial charge < -0.3 is 24.0 Å². The van der Waals surface area contributed by atoms with E-state index in [0.29, 0.717) is 9.90 Å². The first-order valence-electron chi connectivity index (χ1n) is 3.27. The summed E-state index contributed by atoms with van der Waals surface area (Å²) in [5.41, 5.74) is 1.53. The van der Waals surface area contributed by atoms with Crippen molar-refractivity contribution < 1.29 is 0 Å². The lowest BCUT2D eigenvalue weighted by molar-refractivity contribution is 1.31.